The Morgan fingerprint density at radius 1 is 1.13 bits per heavy atom. The van der Waals surface area contributed by atoms with Gasteiger partial charge in [-0.05, 0) is 35.9 Å². The van der Waals surface area contributed by atoms with Gasteiger partial charge in [-0.3, -0.25) is 9.59 Å². The fraction of sp³-hybridized carbons (Fsp3) is 0.176. The molecule has 0 bridgehead atoms. The molecule has 0 aliphatic carbocycles. The molecule has 4 nitrogen and oxygen atoms in total. The zero-order valence-corrected chi connectivity index (χ0v) is 14.2. The predicted octanol–water partition coefficient (Wildman–Crippen LogP) is 3.57. The Bertz CT molecular complexity index is 706. The van der Waals surface area contributed by atoms with Crippen LogP contribution in [0.25, 0.3) is 0 Å². The Morgan fingerprint density at radius 3 is 2.65 bits per heavy atom. The van der Waals surface area contributed by atoms with E-state index < -0.39 is 0 Å². The third-order valence-electron chi connectivity index (χ3n) is 3.03. The Hall–Kier alpha value is -1.98. The summed E-state index contributed by atoms with van der Waals surface area (Å²) in [7, 11) is 1.57. The van der Waals surface area contributed by atoms with Gasteiger partial charge in [0.25, 0.3) is 5.91 Å². The van der Waals surface area contributed by atoms with Crippen molar-refractivity contribution in [1.29, 1.82) is 0 Å². The molecular formula is C17H17ClN2O2S. The van der Waals surface area contributed by atoms with Crippen molar-refractivity contribution in [3.05, 3.63) is 64.7 Å². The molecular weight excluding hydrogens is 332 g/mol. The van der Waals surface area contributed by atoms with Crippen molar-refractivity contribution in [3.63, 3.8) is 0 Å². The maximum Gasteiger partial charge on any atom is 0.251 e. The van der Waals surface area contributed by atoms with Crippen molar-refractivity contribution >= 4 is 40.9 Å². The first kappa shape index (κ1) is 17.4. The largest absolute Gasteiger partial charge is 0.355 e. The molecule has 0 saturated heterocycles. The van der Waals surface area contributed by atoms with Crippen molar-refractivity contribution in [1.82, 2.24) is 5.32 Å². The maximum absolute atomic E-state index is 12.0. The lowest BCUT2D eigenvalue weighted by atomic mass is 10.2. The van der Waals surface area contributed by atoms with E-state index >= 15 is 0 Å². The van der Waals surface area contributed by atoms with Gasteiger partial charge in [0.05, 0.1) is 5.75 Å². The summed E-state index contributed by atoms with van der Waals surface area (Å²) in [6.07, 6.45) is 0. The molecule has 23 heavy (non-hydrogen) atoms. The zero-order valence-electron chi connectivity index (χ0n) is 12.6. The van der Waals surface area contributed by atoms with Crippen molar-refractivity contribution in [2.45, 2.75) is 5.75 Å². The SMILES string of the molecule is CNC(=O)c1cccc(NC(=O)CSCc2cccc(Cl)c2)c1. The molecule has 0 saturated carbocycles. The number of halogens is 1. The van der Waals surface area contributed by atoms with E-state index in [-0.39, 0.29) is 11.8 Å². The quantitative estimate of drug-likeness (QED) is 0.839. The van der Waals surface area contributed by atoms with Gasteiger partial charge in [0, 0.05) is 29.1 Å². The van der Waals surface area contributed by atoms with Crippen LogP contribution in [0.5, 0.6) is 0 Å². The Balaban J connectivity index is 1.84. The molecule has 0 aliphatic rings. The van der Waals surface area contributed by atoms with Crippen LogP contribution in [-0.2, 0) is 10.5 Å². The molecule has 0 aromatic heterocycles. The topological polar surface area (TPSA) is 58.2 Å². The minimum absolute atomic E-state index is 0.105. The van der Waals surface area contributed by atoms with Gasteiger partial charge in [0.2, 0.25) is 5.91 Å². The number of nitrogens with one attached hydrogen (secondary N) is 2. The maximum atomic E-state index is 12.0. The summed E-state index contributed by atoms with van der Waals surface area (Å²) in [6.45, 7) is 0. The molecule has 0 fully saturated rings. The van der Waals surface area contributed by atoms with E-state index in [1.807, 2.05) is 24.3 Å². The minimum atomic E-state index is -0.184. The lowest BCUT2D eigenvalue weighted by Gasteiger charge is -2.07. The van der Waals surface area contributed by atoms with Crippen LogP contribution in [0.4, 0.5) is 5.69 Å². The molecule has 0 radical (unpaired) electrons. The highest BCUT2D eigenvalue weighted by Gasteiger charge is 2.07. The van der Waals surface area contributed by atoms with Crippen molar-refractivity contribution in [3.8, 4) is 0 Å². The molecule has 2 aromatic rings. The monoisotopic (exact) mass is 348 g/mol. The minimum Gasteiger partial charge on any atom is -0.355 e. The molecule has 2 aromatic carbocycles. The highest BCUT2D eigenvalue weighted by atomic mass is 35.5. The van der Waals surface area contributed by atoms with Crippen molar-refractivity contribution in [2.24, 2.45) is 0 Å². The lowest BCUT2D eigenvalue weighted by Crippen LogP contribution is -2.19. The number of thioether (sulfide) groups is 1. The number of hydrogen-bond donors (Lipinski definition) is 2. The summed E-state index contributed by atoms with van der Waals surface area (Å²) in [5.74, 6) is 0.755. The smallest absolute Gasteiger partial charge is 0.251 e. The first-order valence-electron chi connectivity index (χ1n) is 7.02. The number of carbonyl (C=O) groups excluding carboxylic acids is 2. The van der Waals surface area contributed by atoms with Crippen LogP contribution in [0.1, 0.15) is 15.9 Å². The van der Waals surface area contributed by atoms with Gasteiger partial charge in [-0.15, -0.1) is 11.8 Å². The number of hydrogen-bond acceptors (Lipinski definition) is 3. The highest BCUT2D eigenvalue weighted by Crippen LogP contribution is 2.17. The van der Waals surface area contributed by atoms with Crippen molar-refractivity contribution in [2.75, 3.05) is 18.1 Å². The highest BCUT2D eigenvalue weighted by molar-refractivity contribution is 7.99. The van der Waals surface area contributed by atoms with Crippen LogP contribution in [-0.4, -0.2) is 24.6 Å². The first-order chi connectivity index (χ1) is 11.1. The van der Waals surface area contributed by atoms with E-state index in [4.69, 9.17) is 11.6 Å². The van der Waals surface area contributed by atoms with E-state index in [1.165, 1.54) is 11.8 Å². The van der Waals surface area contributed by atoms with Gasteiger partial charge in [-0.2, -0.15) is 0 Å². The van der Waals surface area contributed by atoms with Crippen LogP contribution in [0.3, 0.4) is 0 Å². The summed E-state index contributed by atoms with van der Waals surface area (Å²) >= 11 is 7.43. The Labute approximate surface area is 144 Å². The molecule has 0 heterocycles. The van der Waals surface area contributed by atoms with E-state index in [9.17, 15) is 9.59 Å². The molecule has 0 unspecified atom stereocenters. The summed E-state index contributed by atoms with van der Waals surface area (Å²) in [6, 6.07) is 14.4. The molecule has 2 N–H and O–H groups in total. The summed E-state index contributed by atoms with van der Waals surface area (Å²) < 4.78 is 0. The van der Waals surface area contributed by atoms with Crippen LogP contribution < -0.4 is 10.6 Å². The van der Waals surface area contributed by atoms with Gasteiger partial charge < -0.3 is 10.6 Å². The van der Waals surface area contributed by atoms with Gasteiger partial charge in [-0.25, -0.2) is 0 Å². The fourth-order valence-electron chi connectivity index (χ4n) is 1.97. The molecule has 6 heteroatoms. The predicted molar refractivity (Wildman–Crippen MR) is 96.1 cm³/mol. The van der Waals surface area contributed by atoms with E-state index in [0.717, 1.165) is 5.56 Å². The first-order valence-corrected chi connectivity index (χ1v) is 8.56. The Kier molecular flexibility index (Phi) is 6.50. The van der Waals surface area contributed by atoms with Crippen LogP contribution in [0.2, 0.25) is 5.02 Å². The lowest BCUT2D eigenvalue weighted by molar-refractivity contribution is -0.113. The molecule has 0 atom stereocenters. The Morgan fingerprint density at radius 2 is 1.91 bits per heavy atom. The number of benzene rings is 2. The second kappa shape index (κ2) is 8.60. The molecule has 2 rings (SSSR count). The number of anilines is 1. The van der Waals surface area contributed by atoms with Gasteiger partial charge in [0.1, 0.15) is 0 Å². The van der Waals surface area contributed by atoms with Crippen LogP contribution >= 0.6 is 23.4 Å². The van der Waals surface area contributed by atoms with Gasteiger partial charge in [-0.1, -0.05) is 29.8 Å². The fourth-order valence-corrected chi connectivity index (χ4v) is 2.96. The third-order valence-corrected chi connectivity index (χ3v) is 4.27. The van der Waals surface area contributed by atoms with Crippen molar-refractivity contribution < 1.29 is 9.59 Å². The molecule has 0 aliphatic heterocycles. The van der Waals surface area contributed by atoms with E-state index in [2.05, 4.69) is 10.6 Å². The van der Waals surface area contributed by atoms with Crippen LogP contribution in [0.15, 0.2) is 48.5 Å². The molecule has 120 valence electrons. The second-order valence-corrected chi connectivity index (χ2v) is 6.25. The zero-order chi connectivity index (χ0) is 16.7. The van der Waals surface area contributed by atoms with E-state index in [1.54, 1.807) is 31.3 Å². The van der Waals surface area contributed by atoms with Gasteiger partial charge in [0.15, 0.2) is 0 Å². The average Bonchev–Trinajstić information content (AvgIpc) is 2.54. The second-order valence-electron chi connectivity index (χ2n) is 4.83. The average molecular weight is 349 g/mol. The third kappa shape index (κ3) is 5.62. The number of rotatable bonds is 6. The summed E-state index contributed by atoms with van der Waals surface area (Å²) in [4.78, 5) is 23.5. The normalized spacial score (nSPS) is 10.2. The molecule has 0 spiro atoms. The summed E-state index contributed by atoms with van der Waals surface area (Å²) in [5.41, 5.74) is 2.20. The number of amides is 2. The van der Waals surface area contributed by atoms with Crippen LogP contribution in [0, 0.1) is 0 Å². The standard InChI is InChI=1S/C17H17ClN2O2S/c1-19-17(22)13-5-3-7-15(9-13)20-16(21)11-23-10-12-4-2-6-14(18)8-12/h2-9H,10-11H2,1H3,(H,19,22)(H,20,21). The van der Waals surface area contributed by atoms with Gasteiger partial charge >= 0.3 is 0 Å². The number of carbonyl (C=O) groups is 2. The summed E-state index contributed by atoms with van der Waals surface area (Å²) in [5, 5.41) is 6.04. The van der Waals surface area contributed by atoms with E-state index in [0.29, 0.717) is 27.8 Å². The molecule has 2 amide bonds.